The van der Waals surface area contributed by atoms with Gasteiger partial charge in [-0.3, -0.25) is 19.7 Å². The normalized spacial score (nSPS) is 18.1. The summed E-state index contributed by atoms with van der Waals surface area (Å²) < 4.78 is 0. The van der Waals surface area contributed by atoms with Gasteiger partial charge in [0.05, 0.1) is 0 Å². The van der Waals surface area contributed by atoms with Crippen molar-refractivity contribution in [2.75, 3.05) is 13.1 Å². The van der Waals surface area contributed by atoms with Crippen LogP contribution in [0.2, 0.25) is 0 Å². The lowest BCUT2D eigenvalue weighted by Gasteiger charge is -2.16. The molecule has 1 aromatic carbocycles. The summed E-state index contributed by atoms with van der Waals surface area (Å²) >= 11 is 0. The summed E-state index contributed by atoms with van der Waals surface area (Å²) in [6.07, 6.45) is 1.87. The van der Waals surface area contributed by atoms with Crippen LogP contribution in [0.25, 0.3) is 0 Å². The summed E-state index contributed by atoms with van der Waals surface area (Å²) in [5, 5.41) is 11.4. The maximum Gasteiger partial charge on any atom is 0.243 e. The number of amides is 2. The Morgan fingerprint density at radius 1 is 1.18 bits per heavy atom. The highest BCUT2D eigenvalue weighted by Gasteiger charge is 2.23. The fraction of sp³-hybridized carbons (Fsp3) is 0.500. The Kier molecular flexibility index (Phi) is 6.36. The predicted molar refractivity (Wildman–Crippen MR) is 82.0 cm³/mol. The number of nitrogens with zero attached hydrogens (tertiary/aromatic N) is 1. The molecule has 1 atom stereocenters. The fourth-order valence-corrected chi connectivity index (χ4v) is 2.70. The molecule has 2 rings (SSSR count). The van der Waals surface area contributed by atoms with Crippen molar-refractivity contribution in [1.29, 1.82) is 0 Å². The van der Waals surface area contributed by atoms with E-state index in [-0.39, 0.29) is 18.4 Å². The van der Waals surface area contributed by atoms with E-state index in [1.165, 1.54) is 5.56 Å². The van der Waals surface area contributed by atoms with E-state index in [9.17, 15) is 9.59 Å². The van der Waals surface area contributed by atoms with E-state index in [2.05, 4.69) is 22.3 Å². The van der Waals surface area contributed by atoms with Gasteiger partial charge in [0.15, 0.2) is 0 Å². The van der Waals surface area contributed by atoms with Gasteiger partial charge in [-0.15, -0.1) is 0 Å². The molecule has 120 valence electrons. The van der Waals surface area contributed by atoms with E-state index in [0.29, 0.717) is 12.8 Å². The molecular weight excluding hydrogens is 282 g/mol. The minimum absolute atomic E-state index is 0.0303. The molecule has 1 heterocycles. The van der Waals surface area contributed by atoms with Crippen LogP contribution in [0.3, 0.4) is 0 Å². The van der Waals surface area contributed by atoms with Gasteiger partial charge in [0.2, 0.25) is 11.8 Å². The second-order valence-corrected chi connectivity index (χ2v) is 5.66. The highest BCUT2D eigenvalue weighted by molar-refractivity contribution is 5.78. The first-order valence-electron chi connectivity index (χ1n) is 7.66. The largest absolute Gasteiger partial charge is 0.352 e. The number of carbonyl (C=O) groups is 2. The second-order valence-electron chi connectivity index (χ2n) is 5.66. The van der Waals surface area contributed by atoms with Crippen LogP contribution < -0.4 is 10.8 Å². The molecule has 2 amide bonds. The Morgan fingerprint density at radius 2 is 1.91 bits per heavy atom. The van der Waals surface area contributed by atoms with Crippen LogP contribution in [0.4, 0.5) is 0 Å². The number of carbonyl (C=O) groups excluding carboxylic acids is 2. The maximum atomic E-state index is 11.8. The summed E-state index contributed by atoms with van der Waals surface area (Å²) in [6, 6.07) is 10.5. The third kappa shape index (κ3) is 5.46. The molecule has 3 N–H and O–H groups in total. The molecule has 6 heteroatoms. The number of nitrogens with one attached hydrogen (secondary N) is 2. The first-order valence-corrected chi connectivity index (χ1v) is 7.66. The smallest absolute Gasteiger partial charge is 0.243 e. The summed E-state index contributed by atoms with van der Waals surface area (Å²) in [6.45, 7) is 2.74. The van der Waals surface area contributed by atoms with Crippen LogP contribution in [-0.2, 0) is 16.1 Å². The van der Waals surface area contributed by atoms with Crippen molar-refractivity contribution in [2.24, 2.45) is 0 Å². The molecule has 22 heavy (non-hydrogen) atoms. The molecule has 0 radical (unpaired) electrons. The van der Waals surface area contributed by atoms with Gasteiger partial charge < -0.3 is 5.32 Å². The fourth-order valence-electron chi connectivity index (χ4n) is 2.70. The third-order valence-electron chi connectivity index (χ3n) is 3.82. The minimum Gasteiger partial charge on any atom is -0.352 e. The van der Waals surface area contributed by atoms with E-state index in [1.54, 1.807) is 5.48 Å². The van der Waals surface area contributed by atoms with Crippen LogP contribution in [-0.4, -0.2) is 41.1 Å². The van der Waals surface area contributed by atoms with Crippen molar-refractivity contribution in [1.82, 2.24) is 15.7 Å². The zero-order valence-electron chi connectivity index (χ0n) is 12.6. The molecule has 1 aliphatic rings. The number of benzene rings is 1. The van der Waals surface area contributed by atoms with Crippen molar-refractivity contribution < 1.29 is 14.8 Å². The van der Waals surface area contributed by atoms with Gasteiger partial charge in [-0.1, -0.05) is 30.3 Å². The van der Waals surface area contributed by atoms with Crippen molar-refractivity contribution >= 4 is 11.8 Å². The van der Waals surface area contributed by atoms with Gasteiger partial charge in [-0.2, -0.15) is 0 Å². The monoisotopic (exact) mass is 305 g/mol. The van der Waals surface area contributed by atoms with Crippen molar-refractivity contribution in [2.45, 2.75) is 38.3 Å². The third-order valence-corrected chi connectivity index (χ3v) is 3.82. The first kappa shape index (κ1) is 16.5. The molecule has 0 unspecified atom stereocenters. The lowest BCUT2D eigenvalue weighted by molar-refractivity contribution is -0.129. The molecule has 0 spiro atoms. The van der Waals surface area contributed by atoms with E-state index >= 15 is 0 Å². The van der Waals surface area contributed by atoms with Crippen molar-refractivity contribution in [3.05, 3.63) is 35.9 Å². The number of hydroxylamine groups is 1. The number of likely N-dealkylation sites (tertiary alicyclic amines) is 1. The summed E-state index contributed by atoms with van der Waals surface area (Å²) in [4.78, 5) is 25.0. The summed E-state index contributed by atoms with van der Waals surface area (Å²) in [5.41, 5.74) is 2.85. The van der Waals surface area contributed by atoms with E-state index < -0.39 is 5.91 Å². The standard InChI is InChI=1S/C16H23N3O3/c20-15(7-4-8-16(21)18-22)17-14-9-10-19(12-14)11-13-5-2-1-3-6-13/h1-3,5-6,14,22H,4,7-12H2,(H,17,20)(H,18,21)/t14-/m0/s1. The topological polar surface area (TPSA) is 81.7 Å². The van der Waals surface area contributed by atoms with E-state index in [1.807, 2.05) is 18.2 Å². The Bertz CT molecular complexity index is 493. The highest BCUT2D eigenvalue weighted by atomic mass is 16.5. The SMILES string of the molecule is O=C(CCCC(=O)N[C@H]1CCN(Cc2ccccc2)C1)NO. The maximum absolute atomic E-state index is 11.8. The predicted octanol–water partition coefficient (Wildman–Crippen LogP) is 1.05. The average Bonchev–Trinajstić information content (AvgIpc) is 2.95. The number of rotatable bonds is 7. The first-order chi connectivity index (χ1) is 10.7. The van der Waals surface area contributed by atoms with Crippen molar-refractivity contribution in [3.63, 3.8) is 0 Å². The van der Waals surface area contributed by atoms with Gasteiger partial charge in [-0.25, -0.2) is 5.48 Å². The van der Waals surface area contributed by atoms with Gasteiger partial charge in [0.25, 0.3) is 0 Å². The Balaban J connectivity index is 1.65. The molecule has 1 saturated heterocycles. The van der Waals surface area contributed by atoms with Gasteiger partial charge in [0, 0.05) is 38.5 Å². The van der Waals surface area contributed by atoms with Crippen LogP contribution in [0.15, 0.2) is 30.3 Å². The molecular formula is C16H23N3O3. The van der Waals surface area contributed by atoms with Crippen LogP contribution >= 0.6 is 0 Å². The van der Waals surface area contributed by atoms with Gasteiger partial charge in [0.1, 0.15) is 0 Å². The zero-order valence-corrected chi connectivity index (χ0v) is 12.6. The highest BCUT2D eigenvalue weighted by Crippen LogP contribution is 2.13. The lowest BCUT2D eigenvalue weighted by Crippen LogP contribution is -2.37. The molecule has 6 nitrogen and oxygen atoms in total. The van der Waals surface area contributed by atoms with Gasteiger partial charge in [-0.05, 0) is 18.4 Å². The van der Waals surface area contributed by atoms with Gasteiger partial charge >= 0.3 is 0 Å². The lowest BCUT2D eigenvalue weighted by atomic mass is 10.2. The molecule has 0 aromatic heterocycles. The van der Waals surface area contributed by atoms with E-state index in [0.717, 1.165) is 26.1 Å². The molecule has 0 aliphatic carbocycles. The molecule has 1 aliphatic heterocycles. The zero-order chi connectivity index (χ0) is 15.8. The Morgan fingerprint density at radius 3 is 2.64 bits per heavy atom. The number of hydrogen-bond donors (Lipinski definition) is 3. The molecule has 0 saturated carbocycles. The Hall–Kier alpha value is -1.92. The Labute approximate surface area is 130 Å². The van der Waals surface area contributed by atoms with Crippen LogP contribution in [0, 0.1) is 0 Å². The second kappa shape index (κ2) is 8.51. The summed E-state index contributed by atoms with van der Waals surface area (Å²) in [7, 11) is 0. The van der Waals surface area contributed by atoms with Crippen molar-refractivity contribution in [3.8, 4) is 0 Å². The molecule has 0 bridgehead atoms. The molecule has 1 aromatic rings. The summed E-state index contributed by atoms with van der Waals surface area (Å²) in [5.74, 6) is -0.486. The van der Waals surface area contributed by atoms with Crippen LogP contribution in [0.5, 0.6) is 0 Å². The quantitative estimate of drug-likeness (QED) is 0.519. The van der Waals surface area contributed by atoms with Crippen LogP contribution in [0.1, 0.15) is 31.2 Å². The number of hydrogen-bond acceptors (Lipinski definition) is 4. The average molecular weight is 305 g/mol. The van der Waals surface area contributed by atoms with E-state index in [4.69, 9.17) is 5.21 Å². The molecule has 1 fully saturated rings. The minimum atomic E-state index is -0.456.